The van der Waals surface area contributed by atoms with Gasteiger partial charge in [0.25, 0.3) is 0 Å². The normalized spacial score (nSPS) is 12.9. The van der Waals surface area contributed by atoms with Crippen LogP contribution in [0.15, 0.2) is 6.07 Å². The lowest BCUT2D eigenvalue weighted by molar-refractivity contribution is 0.409. The van der Waals surface area contributed by atoms with E-state index in [1.807, 2.05) is 14.0 Å². The highest BCUT2D eigenvalue weighted by Crippen LogP contribution is 2.23. The number of rotatable bonds is 2. The van der Waals surface area contributed by atoms with E-state index in [-0.39, 0.29) is 11.0 Å². The summed E-state index contributed by atoms with van der Waals surface area (Å²) in [5.41, 5.74) is 2.00. The molecule has 3 heteroatoms. The lowest BCUT2D eigenvalue weighted by atomic mass is 9.91. The van der Waals surface area contributed by atoms with Crippen LogP contribution >= 0.6 is 0 Å². The van der Waals surface area contributed by atoms with E-state index in [1.165, 1.54) is 0 Å². The Kier molecular flexibility index (Phi) is 3.38. The minimum atomic E-state index is -0.188. The molecule has 0 aromatic carbocycles. The smallest absolute Gasteiger partial charge is 0.148 e. The lowest BCUT2D eigenvalue weighted by Gasteiger charge is -2.25. The number of aryl methyl sites for hydroxylation is 1. The van der Waals surface area contributed by atoms with Crippen LogP contribution in [0.4, 0.5) is 0 Å². The number of nitrogens with zero attached hydrogens (tertiary/aromatic N) is 2. The molecule has 0 aliphatic heterocycles. The molecular weight excluding hydrogens is 198 g/mol. The second kappa shape index (κ2) is 4.13. The second-order valence-electron chi connectivity index (χ2n) is 5.84. The van der Waals surface area contributed by atoms with E-state index in [2.05, 4.69) is 56.0 Å². The molecule has 1 N–H and O–H groups in total. The van der Waals surface area contributed by atoms with Crippen molar-refractivity contribution in [2.24, 2.45) is 0 Å². The van der Waals surface area contributed by atoms with Gasteiger partial charge in [-0.25, -0.2) is 9.97 Å². The van der Waals surface area contributed by atoms with Gasteiger partial charge in [0.2, 0.25) is 0 Å². The summed E-state index contributed by atoms with van der Waals surface area (Å²) >= 11 is 0. The maximum Gasteiger partial charge on any atom is 0.148 e. The van der Waals surface area contributed by atoms with Crippen molar-refractivity contribution in [3.63, 3.8) is 0 Å². The van der Waals surface area contributed by atoms with E-state index >= 15 is 0 Å². The molecule has 90 valence electrons. The molecule has 0 unspecified atom stereocenters. The maximum atomic E-state index is 4.67. The average molecular weight is 221 g/mol. The number of hydrogen-bond acceptors (Lipinski definition) is 3. The fraction of sp³-hybridized carbons (Fsp3) is 0.692. The first-order valence-corrected chi connectivity index (χ1v) is 5.72. The molecular formula is C13H23N3. The van der Waals surface area contributed by atoms with E-state index in [9.17, 15) is 0 Å². The summed E-state index contributed by atoms with van der Waals surface area (Å²) in [4.78, 5) is 9.19. The van der Waals surface area contributed by atoms with Crippen molar-refractivity contribution in [2.75, 3.05) is 7.05 Å². The molecule has 0 aliphatic carbocycles. The molecule has 0 fully saturated rings. The van der Waals surface area contributed by atoms with Crippen LogP contribution in [0, 0.1) is 6.92 Å². The Balaban J connectivity index is 3.29. The minimum Gasteiger partial charge on any atom is -0.308 e. The van der Waals surface area contributed by atoms with Gasteiger partial charge in [-0.2, -0.15) is 0 Å². The van der Waals surface area contributed by atoms with Crippen molar-refractivity contribution >= 4 is 0 Å². The van der Waals surface area contributed by atoms with E-state index in [0.29, 0.717) is 0 Å². The topological polar surface area (TPSA) is 37.8 Å². The van der Waals surface area contributed by atoms with Crippen LogP contribution in [-0.4, -0.2) is 17.0 Å². The van der Waals surface area contributed by atoms with Crippen LogP contribution < -0.4 is 5.32 Å². The third-order valence-corrected chi connectivity index (χ3v) is 2.81. The van der Waals surface area contributed by atoms with E-state index in [1.54, 1.807) is 0 Å². The molecule has 3 nitrogen and oxygen atoms in total. The molecule has 0 saturated carbocycles. The summed E-state index contributed by atoms with van der Waals surface area (Å²) in [6.45, 7) is 12.7. The molecule has 0 spiro atoms. The van der Waals surface area contributed by atoms with Gasteiger partial charge in [0, 0.05) is 16.8 Å². The minimum absolute atomic E-state index is 0.0618. The summed E-state index contributed by atoms with van der Waals surface area (Å²) in [6.07, 6.45) is 0. The summed E-state index contributed by atoms with van der Waals surface area (Å²) in [7, 11) is 1.93. The highest BCUT2D eigenvalue weighted by molar-refractivity contribution is 5.19. The Morgan fingerprint density at radius 1 is 1.06 bits per heavy atom. The van der Waals surface area contributed by atoms with Gasteiger partial charge in [-0.15, -0.1) is 0 Å². The first-order chi connectivity index (χ1) is 7.16. The number of hydrogen-bond donors (Lipinski definition) is 1. The maximum absolute atomic E-state index is 4.67. The SMILES string of the molecule is CNC(C)(C)c1nc(C)cc(C(C)(C)C)n1. The molecule has 0 atom stereocenters. The molecule has 1 aromatic rings. The summed E-state index contributed by atoms with van der Waals surface area (Å²) in [6, 6.07) is 2.06. The van der Waals surface area contributed by atoms with E-state index < -0.39 is 0 Å². The zero-order valence-corrected chi connectivity index (χ0v) is 11.5. The van der Waals surface area contributed by atoms with Gasteiger partial charge in [-0.1, -0.05) is 20.8 Å². The largest absolute Gasteiger partial charge is 0.308 e. The molecule has 0 radical (unpaired) electrons. The molecule has 1 rings (SSSR count). The van der Waals surface area contributed by atoms with Crippen LogP contribution in [0.5, 0.6) is 0 Å². The van der Waals surface area contributed by atoms with Crippen molar-refractivity contribution in [3.8, 4) is 0 Å². The van der Waals surface area contributed by atoms with Gasteiger partial charge < -0.3 is 5.32 Å². The molecule has 0 saturated heterocycles. The van der Waals surface area contributed by atoms with Crippen molar-refractivity contribution in [2.45, 2.75) is 52.5 Å². The van der Waals surface area contributed by atoms with Gasteiger partial charge in [0.1, 0.15) is 5.82 Å². The van der Waals surface area contributed by atoms with Gasteiger partial charge in [-0.3, -0.25) is 0 Å². The first-order valence-electron chi connectivity index (χ1n) is 5.72. The van der Waals surface area contributed by atoms with Crippen LogP contribution in [0.25, 0.3) is 0 Å². The second-order valence-corrected chi connectivity index (χ2v) is 5.84. The first kappa shape index (κ1) is 13.1. The van der Waals surface area contributed by atoms with E-state index in [0.717, 1.165) is 17.2 Å². The summed E-state index contributed by atoms with van der Waals surface area (Å²) < 4.78 is 0. The fourth-order valence-corrected chi connectivity index (χ4v) is 1.34. The monoisotopic (exact) mass is 221 g/mol. The fourth-order valence-electron chi connectivity index (χ4n) is 1.34. The van der Waals surface area contributed by atoms with Gasteiger partial charge in [0.05, 0.1) is 5.54 Å². The van der Waals surface area contributed by atoms with Crippen molar-refractivity contribution in [3.05, 3.63) is 23.3 Å². The number of aromatic nitrogens is 2. The quantitative estimate of drug-likeness (QED) is 0.834. The molecule has 0 bridgehead atoms. The zero-order valence-electron chi connectivity index (χ0n) is 11.5. The Morgan fingerprint density at radius 2 is 1.62 bits per heavy atom. The molecule has 0 aliphatic rings. The molecule has 16 heavy (non-hydrogen) atoms. The van der Waals surface area contributed by atoms with Crippen molar-refractivity contribution in [1.82, 2.24) is 15.3 Å². The van der Waals surface area contributed by atoms with Gasteiger partial charge in [0.15, 0.2) is 0 Å². The van der Waals surface area contributed by atoms with Crippen LogP contribution in [0.1, 0.15) is 51.8 Å². The third kappa shape index (κ3) is 2.79. The Labute approximate surface area is 98.7 Å². The zero-order chi connectivity index (χ0) is 12.6. The van der Waals surface area contributed by atoms with Crippen LogP contribution in [0.2, 0.25) is 0 Å². The number of nitrogens with one attached hydrogen (secondary N) is 1. The average Bonchev–Trinajstić information content (AvgIpc) is 2.15. The van der Waals surface area contributed by atoms with Gasteiger partial charge >= 0.3 is 0 Å². The van der Waals surface area contributed by atoms with Gasteiger partial charge in [-0.05, 0) is 33.9 Å². The predicted octanol–water partition coefficient (Wildman–Crippen LogP) is 2.54. The standard InChI is InChI=1S/C13H23N3/c1-9-8-10(12(2,3)4)16-11(15-9)13(5,6)14-7/h8,14H,1-7H3. The lowest BCUT2D eigenvalue weighted by Crippen LogP contribution is -2.36. The Morgan fingerprint density at radius 3 is 2.06 bits per heavy atom. The van der Waals surface area contributed by atoms with Crippen LogP contribution in [0.3, 0.4) is 0 Å². The highest BCUT2D eigenvalue weighted by atomic mass is 15.0. The third-order valence-electron chi connectivity index (χ3n) is 2.81. The summed E-state index contributed by atoms with van der Waals surface area (Å²) in [5.74, 6) is 0.861. The Hall–Kier alpha value is -0.960. The van der Waals surface area contributed by atoms with Crippen LogP contribution in [-0.2, 0) is 11.0 Å². The van der Waals surface area contributed by atoms with E-state index in [4.69, 9.17) is 0 Å². The predicted molar refractivity (Wildman–Crippen MR) is 67.6 cm³/mol. The van der Waals surface area contributed by atoms with Crippen molar-refractivity contribution < 1.29 is 0 Å². The molecule has 1 heterocycles. The van der Waals surface area contributed by atoms with Crippen molar-refractivity contribution in [1.29, 1.82) is 0 Å². The highest BCUT2D eigenvalue weighted by Gasteiger charge is 2.24. The molecule has 0 amide bonds. The molecule has 1 aromatic heterocycles. The Bertz CT molecular complexity index is 375. The summed E-state index contributed by atoms with van der Waals surface area (Å²) in [5, 5.41) is 3.24.